The first kappa shape index (κ1) is 14.7. The minimum absolute atomic E-state index is 0.0853. The van der Waals surface area contributed by atoms with Gasteiger partial charge in [0.15, 0.2) is 0 Å². The van der Waals surface area contributed by atoms with Gasteiger partial charge in [-0.3, -0.25) is 0 Å². The first-order valence-corrected chi connectivity index (χ1v) is 8.47. The molecule has 5 rings (SSSR count). The zero-order valence-electron chi connectivity index (χ0n) is 13.9. The van der Waals surface area contributed by atoms with E-state index in [0.29, 0.717) is 5.95 Å². The molecule has 0 bridgehead atoms. The van der Waals surface area contributed by atoms with E-state index in [9.17, 15) is 0 Å². The number of aromatic nitrogens is 4. The minimum Gasteiger partial charge on any atom is -0.210 e. The monoisotopic (exact) mass is 337 g/mol. The molecule has 4 aromatic rings. The second kappa shape index (κ2) is 6.04. The number of tetrazole rings is 1. The van der Waals surface area contributed by atoms with Crippen LogP contribution >= 0.6 is 0 Å². The Kier molecular flexibility index (Phi) is 3.42. The summed E-state index contributed by atoms with van der Waals surface area (Å²) in [6.07, 6.45) is 2.14. The lowest BCUT2D eigenvalue weighted by molar-refractivity contribution is 0.558. The van der Waals surface area contributed by atoms with Crippen molar-refractivity contribution in [2.75, 3.05) is 0 Å². The SMILES string of the molecule is C(c1ccccc1)=c1cccc2c1=Nc1nnnn1C2c1ccccc1. The standard InChI is InChI=1S/C21H15N5/c1-3-8-15(9-4-1)14-17-12-7-13-18-19(17)22-21-23-24-25-26(21)20(18)16-10-5-2-6-11-16/h1-14,20H. The van der Waals surface area contributed by atoms with Gasteiger partial charge in [0.1, 0.15) is 6.04 Å². The fourth-order valence-electron chi connectivity index (χ4n) is 3.39. The Morgan fingerprint density at radius 1 is 0.808 bits per heavy atom. The fourth-order valence-corrected chi connectivity index (χ4v) is 3.39. The number of hydrogen-bond donors (Lipinski definition) is 0. The van der Waals surface area contributed by atoms with Gasteiger partial charge in [-0.2, -0.15) is 4.68 Å². The minimum atomic E-state index is -0.0853. The molecule has 2 heterocycles. The Labute approximate surface area is 150 Å². The average Bonchev–Trinajstić information content (AvgIpc) is 3.16. The van der Waals surface area contributed by atoms with E-state index in [1.807, 2.05) is 36.4 Å². The largest absolute Gasteiger partial charge is 0.270 e. The third kappa shape index (κ3) is 2.41. The van der Waals surface area contributed by atoms with Crippen molar-refractivity contribution >= 4 is 12.0 Å². The van der Waals surface area contributed by atoms with Crippen molar-refractivity contribution in [3.8, 4) is 0 Å². The van der Waals surface area contributed by atoms with Gasteiger partial charge >= 0.3 is 0 Å². The lowest BCUT2D eigenvalue weighted by Crippen LogP contribution is -2.35. The second-order valence-electron chi connectivity index (χ2n) is 6.19. The molecule has 1 unspecified atom stereocenters. The zero-order chi connectivity index (χ0) is 17.3. The molecule has 124 valence electrons. The summed E-state index contributed by atoms with van der Waals surface area (Å²) >= 11 is 0. The molecule has 5 heteroatoms. The fraction of sp³-hybridized carbons (Fsp3) is 0.0476. The molecule has 0 saturated carbocycles. The van der Waals surface area contributed by atoms with Crippen LogP contribution in [0.1, 0.15) is 22.7 Å². The van der Waals surface area contributed by atoms with Crippen LogP contribution < -0.4 is 10.6 Å². The molecule has 26 heavy (non-hydrogen) atoms. The zero-order valence-corrected chi connectivity index (χ0v) is 13.9. The summed E-state index contributed by atoms with van der Waals surface area (Å²) < 4.78 is 1.78. The summed E-state index contributed by atoms with van der Waals surface area (Å²) in [6.45, 7) is 0. The molecule has 0 radical (unpaired) electrons. The third-order valence-corrected chi connectivity index (χ3v) is 4.56. The molecule has 1 aromatic heterocycles. The normalized spacial score (nSPS) is 15.8. The number of rotatable bonds is 2. The van der Waals surface area contributed by atoms with Crippen molar-refractivity contribution in [3.63, 3.8) is 0 Å². The van der Waals surface area contributed by atoms with E-state index < -0.39 is 0 Å². The van der Waals surface area contributed by atoms with E-state index in [-0.39, 0.29) is 6.04 Å². The van der Waals surface area contributed by atoms with Crippen molar-refractivity contribution in [3.05, 3.63) is 106 Å². The summed E-state index contributed by atoms with van der Waals surface area (Å²) in [6, 6.07) is 26.7. The van der Waals surface area contributed by atoms with Crippen molar-refractivity contribution in [2.45, 2.75) is 6.04 Å². The molecule has 1 aliphatic rings. The average molecular weight is 337 g/mol. The smallest absolute Gasteiger partial charge is 0.210 e. The summed E-state index contributed by atoms with van der Waals surface area (Å²) in [5.41, 5.74) is 3.37. The van der Waals surface area contributed by atoms with Gasteiger partial charge in [0, 0.05) is 10.8 Å². The third-order valence-electron chi connectivity index (χ3n) is 4.56. The molecule has 0 spiro atoms. The molecule has 0 N–H and O–H groups in total. The van der Waals surface area contributed by atoms with Gasteiger partial charge in [0.25, 0.3) is 5.95 Å². The van der Waals surface area contributed by atoms with Crippen LogP contribution in [0.4, 0.5) is 5.95 Å². The highest BCUT2D eigenvalue weighted by Gasteiger charge is 2.26. The van der Waals surface area contributed by atoms with E-state index >= 15 is 0 Å². The van der Waals surface area contributed by atoms with Crippen LogP contribution in [0.15, 0.2) is 83.9 Å². The molecule has 0 saturated heterocycles. The summed E-state index contributed by atoms with van der Waals surface area (Å²) in [4.78, 5) is 4.74. The number of hydrogen-bond acceptors (Lipinski definition) is 4. The maximum absolute atomic E-state index is 4.74. The Morgan fingerprint density at radius 3 is 2.38 bits per heavy atom. The number of nitrogens with zero attached hydrogens (tertiary/aromatic N) is 5. The van der Waals surface area contributed by atoms with E-state index in [0.717, 1.165) is 27.3 Å². The summed E-state index contributed by atoms with van der Waals surface area (Å²) in [5, 5.41) is 14.1. The van der Waals surface area contributed by atoms with Crippen LogP contribution in [0.3, 0.4) is 0 Å². The number of benzene rings is 3. The van der Waals surface area contributed by atoms with Crippen molar-refractivity contribution in [1.82, 2.24) is 20.2 Å². The van der Waals surface area contributed by atoms with Gasteiger partial charge in [0.05, 0.1) is 5.36 Å². The first-order chi connectivity index (χ1) is 12.9. The maximum atomic E-state index is 4.74. The molecule has 5 nitrogen and oxygen atoms in total. The van der Waals surface area contributed by atoms with Crippen LogP contribution in [0.5, 0.6) is 0 Å². The highest BCUT2D eigenvalue weighted by Crippen LogP contribution is 2.28. The van der Waals surface area contributed by atoms with E-state index in [2.05, 4.69) is 64.1 Å². The quantitative estimate of drug-likeness (QED) is 0.497. The first-order valence-electron chi connectivity index (χ1n) is 8.47. The van der Waals surface area contributed by atoms with E-state index in [1.54, 1.807) is 4.68 Å². The summed E-state index contributed by atoms with van der Waals surface area (Å²) in [7, 11) is 0. The molecule has 1 atom stereocenters. The molecule has 0 amide bonds. The molecule has 1 aliphatic heterocycles. The predicted molar refractivity (Wildman–Crippen MR) is 98.4 cm³/mol. The van der Waals surface area contributed by atoms with Crippen LogP contribution in [-0.2, 0) is 0 Å². The topological polar surface area (TPSA) is 56.0 Å². The van der Waals surface area contributed by atoms with E-state index in [4.69, 9.17) is 4.99 Å². The Bertz CT molecular complexity index is 1180. The van der Waals surface area contributed by atoms with E-state index in [1.165, 1.54) is 0 Å². The lowest BCUT2D eigenvalue weighted by atomic mass is 9.96. The lowest BCUT2D eigenvalue weighted by Gasteiger charge is -2.21. The maximum Gasteiger partial charge on any atom is 0.270 e. The highest BCUT2D eigenvalue weighted by molar-refractivity contribution is 5.50. The van der Waals surface area contributed by atoms with Crippen molar-refractivity contribution in [2.24, 2.45) is 4.99 Å². The van der Waals surface area contributed by atoms with Crippen LogP contribution in [-0.4, -0.2) is 20.2 Å². The van der Waals surface area contributed by atoms with Gasteiger partial charge in [-0.05, 0) is 27.6 Å². The van der Waals surface area contributed by atoms with Gasteiger partial charge in [-0.25, -0.2) is 4.99 Å². The Balaban J connectivity index is 1.80. The molecule has 0 fully saturated rings. The van der Waals surface area contributed by atoms with Crippen molar-refractivity contribution in [1.29, 1.82) is 0 Å². The Morgan fingerprint density at radius 2 is 1.58 bits per heavy atom. The highest BCUT2D eigenvalue weighted by atomic mass is 15.6. The predicted octanol–water partition coefficient (Wildman–Crippen LogP) is 2.40. The number of para-hydroxylation sites is 1. The molecular formula is C21H15N5. The molecule has 3 aromatic carbocycles. The van der Waals surface area contributed by atoms with Crippen LogP contribution in [0.25, 0.3) is 6.08 Å². The van der Waals surface area contributed by atoms with Gasteiger partial charge in [-0.1, -0.05) is 84.0 Å². The van der Waals surface area contributed by atoms with Crippen LogP contribution in [0, 0.1) is 0 Å². The van der Waals surface area contributed by atoms with Crippen LogP contribution in [0.2, 0.25) is 0 Å². The summed E-state index contributed by atoms with van der Waals surface area (Å²) in [5.74, 6) is 0.528. The Hall–Kier alpha value is -3.60. The number of fused-ring (bicyclic) bond motifs is 2. The van der Waals surface area contributed by atoms with Gasteiger partial charge < -0.3 is 0 Å². The molecular weight excluding hydrogens is 322 g/mol. The second-order valence-corrected chi connectivity index (χ2v) is 6.19. The van der Waals surface area contributed by atoms with Gasteiger partial charge in [0.2, 0.25) is 0 Å². The molecule has 0 aliphatic carbocycles. The van der Waals surface area contributed by atoms with Gasteiger partial charge in [-0.15, -0.1) is 0 Å². The van der Waals surface area contributed by atoms with Crippen molar-refractivity contribution < 1.29 is 0 Å².